The predicted octanol–water partition coefficient (Wildman–Crippen LogP) is 4.15. The van der Waals surface area contributed by atoms with Crippen molar-refractivity contribution in [1.29, 1.82) is 0 Å². The first-order valence-corrected chi connectivity index (χ1v) is 10.6. The number of anilines is 2. The summed E-state index contributed by atoms with van der Waals surface area (Å²) in [6.07, 6.45) is 4.63. The summed E-state index contributed by atoms with van der Waals surface area (Å²) in [6, 6.07) is 13.7. The zero-order valence-electron chi connectivity index (χ0n) is 17.5. The second kappa shape index (κ2) is 8.79. The van der Waals surface area contributed by atoms with Crippen LogP contribution in [0, 0.1) is 5.92 Å². The smallest absolute Gasteiger partial charge is 0.307 e. The molecule has 31 heavy (non-hydrogen) atoms. The summed E-state index contributed by atoms with van der Waals surface area (Å²) in [5, 5.41) is 5.71. The van der Waals surface area contributed by atoms with Gasteiger partial charge in [-0.3, -0.25) is 14.4 Å². The molecule has 2 aliphatic rings. The molecule has 1 aliphatic heterocycles. The zero-order chi connectivity index (χ0) is 21.8. The Morgan fingerprint density at radius 1 is 0.935 bits per heavy atom. The predicted molar refractivity (Wildman–Crippen MR) is 116 cm³/mol. The standard InChI is InChI=1S/C24H26N2O5/c1-30-19-11-9-18(10-12-19)25-22(28)16-5-7-17(8-6-16)26-23(29)20-15-21(27)31-24(20)13-3-2-4-14-24/h5-12,20H,2-4,13-15H2,1H3,(H,25,28)(H,26,29). The molecular formula is C24H26N2O5. The molecule has 1 saturated carbocycles. The van der Waals surface area contributed by atoms with E-state index < -0.39 is 11.5 Å². The molecule has 2 aromatic carbocycles. The maximum absolute atomic E-state index is 12.9. The molecule has 2 amide bonds. The van der Waals surface area contributed by atoms with E-state index in [1.807, 2.05) is 0 Å². The largest absolute Gasteiger partial charge is 0.497 e. The molecule has 1 atom stereocenters. The molecule has 0 aromatic heterocycles. The van der Waals surface area contributed by atoms with E-state index in [1.54, 1.807) is 55.6 Å². The Labute approximate surface area is 181 Å². The van der Waals surface area contributed by atoms with Crippen LogP contribution >= 0.6 is 0 Å². The number of nitrogens with one attached hydrogen (secondary N) is 2. The summed E-state index contributed by atoms with van der Waals surface area (Å²) < 4.78 is 10.7. The minimum absolute atomic E-state index is 0.119. The Balaban J connectivity index is 1.39. The topological polar surface area (TPSA) is 93.7 Å². The van der Waals surface area contributed by atoms with Crippen LogP contribution in [0.2, 0.25) is 0 Å². The van der Waals surface area contributed by atoms with Gasteiger partial charge >= 0.3 is 5.97 Å². The Morgan fingerprint density at radius 2 is 1.55 bits per heavy atom. The van der Waals surface area contributed by atoms with E-state index in [4.69, 9.17) is 9.47 Å². The molecule has 7 nitrogen and oxygen atoms in total. The number of rotatable bonds is 5. The summed E-state index contributed by atoms with van der Waals surface area (Å²) >= 11 is 0. The Bertz CT molecular complexity index is 962. The van der Waals surface area contributed by atoms with E-state index in [1.165, 1.54) is 0 Å². The fraction of sp³-hybridized carbons (Fsp3) is 0.375. The van der Waals surface area contributed by atoms with E-state index >= 15 is 0 Å². The first-order chi connectivity index (χ1) is 15.0. The monoisotopic (exact) mass is 422 g/mol. The Morgan fingerprint density at radius 3 is 2.19 bits per heavy atom. The van der Waals surface area contributed by atoms with Crippen LogP contribution in [0.4, 0.5) is 11.4 Å². The van der Waals surface area contributed by atoms with E-state index in [2.05, 4.69) is 10.6 Å². The second-order valence-electron chi connectivity index (χ2n) is 8.11. The second-order valence-corrected chi connectivity index (χ2v) is 8.11. The van der Waals surface area contributed by atoms with Crippen molar-refractivity contribution in [2.45, 2.75) is 44.1 Å². The van der Waals surface area contributed by atoms with Gasteiger partial charge in [0, 0.05) is 16.9 Å². The molecule has 1 heterocycles. The molecule has 7 heteroatoms. The fourth-order valence-electron chi connectivity index (χ4n) is 4.44. The molecule has 2 aromatic rings. The third-order valence-corrected chi connectivity index (χ3v) is 6.10. The van der Waals surface area contributed by atoms with Crippen LogP contribution in [-0.4, -0.2) is 30.5 Å². The van der Waals surface area contributed by atoms with Gasteiger partial charge in [0.1, 0.15) is 11.4 Å². The summed E-state index contributed by atoms with van der Waals surface area (Å²) in [5.41, 5.74) is 1.05. The van der Waals surface area contributed by atoms with Gasteiger partial charge in [-0.05, 0) is 74.2 Å². The van der Waals surface area contributed by atoms with Crippen LogP contribution in [0.15, 0.2) is 48.5 Å². The van der Waals surface area contributed by atoms with Crippen LogP contribution in [0.1, 0.15) is 48.9 Å². The quantitative estimate of drug-likeness (QED) is 0.706. The van der Waals surface area contributed by atoms with Crippen LogP contribution < -0.4 is 15.4 Å². The van der Waals surface area contributed by atoms with Crippen LogP contribution in [0.5, 0.6) is 5.75 Å². The zero-order valence-corrected chi connectivity index (χ0v) is 17.5. The maximum atomic E-state index is 12.9. The third kappa shape index (κ3) is 4.55. The molecule has 2 N–H and O–H groups in total. The number of methoxy groups -OCH3 is 1. The molecule has 162 valence electrons. The van der Waals surface area contributed by atoms with Crippen molar-refractivity contribution in [3.63, 3.8) is 0 Å². The number of amides is 2. The summed E-state index contributed by atoms with van der Waals surface area (Å²) in [4.78, 5) is 37.3. The van der Waals surface area contributed by atoms with Crippen LogP contribution in [-0.2, 0) is 14.3 Å². The fourth-order valence-corrected chi connectivity index (χ4v) is 4.44. The molecule has 0 bridgehead atoms. The molecule has 2 fully saturated rings. The van der Waals surface area contributed by atoms with Gasteiger partial charge in [0.05, 0.1) is 19.4 Å². The first kappa shape index (κ1) is 20.9. The normalized spacial score (nSPS) is 19.5. The van der Waals surface area contributed by atoms with Crippen molar-refractivity contribution in [2.24, 2.45) is 5.92 Å². The average molecular weight is 422 g/mol. The molecule has 1 spiro atoms. The van der Waals surface area contributed by atoms with Gasteiger partial charge in [0.15, 0.2) is 0 Å². The highest BCUT2D eigenvalue weighted by Gasteiger charge is 2.52. The Hall–Kier alpha value is -3.35. The highest BCUT2D eigenvalue weighted by atomic mass is 16.6. The lowest BCUT2D eigenvalue weighted by Gasteiger charge is -2.36. The van der Waals surface area contributed by atoms with Crippen LogP contribution in [0.3, 0.4) is 0 Å². The van der Waals surface area contributed by atoms with E-state index in [9.17, 15) is 14.4 Å². The summed E-state index contributed by atoms with van der Waals surface area (Å²) in [6.45, 7) is 0. The van der Waals surface area contributed by atoms with Crippen molar-refractivity contribution < 1.29 is 23.9 Å². The molecule has 1 unspecified atom stereocenters. The number of carbonyl (C=O) groups excluding carboxylic acids is 3. The van der Waals surface area contributed by atoms with Crippen molar-refractivity contribution in [3.8, 4) is 5.75 Å². The van der Waals surface area contributed by atoms with Gasteiger partial charge < -0.3 is 20.1 Å². The van der Waals surface area contributed by atoms with Crippen molar-refractivity contribution in [3.05, 3.63) is 54.1 Å². The lowest BCUT2D eigenvalue weighted by molar-refractivity contribution is -0.153. The average Bonchev–Trinajstić information content (AvgIpc) is 3.10. The number of benzene rings is 2. The molecular weight excluding hydrogens is 396 g/mol. The summed E-state index contributed by atoms with van der Waals surface area (Å²) in [5.74, 6) is -0.518. The van der Waals surface area contributed by atoms with Gasteiger partial charge in [-0.2, -0.15) is 0 Å². The number of hydrogen-bond donors (Lipinski definition) is 2. The van der Waals surface area contributed by atoms with E-state index in [-0.39, 0.29) is 24.2 Å². The number of ether oxygens (including phenoxy) is 2. The molecule has 0 radical (unpaired) electrons. The first-order valence-electron chi connectivity index (χ1n) is 10.6. The lowest BCUT2D eigenvalue weighted by atomic mass is 9.75. The minimum Gasteiger partial charge on any atom is -0.497 e. The van der Waals surface area contributed by atoms with Crippen molar-refractivity contribution >= 4 is 29.2 Å². The van der Waals surface area contributed by atoms with E-state index in [0.717, 1.165) is 32.1 Å². The Kier molecular flexibility index (Phi) is 5.93. The van der Waals surface area contributed by atoms with Gasteiger partial charge in [-0.1, -0.05) is 6.42 Å². The number of carbonyl (C=O) groups is 3. The molecule has 4 rings (SSSR count). The number of hydrogen-bond acceptors (Lipinski definition) is 5. The van der Waals surface area contributed by atoms with Gasteiger partial charge in [-0.25, -0.2) is 0 Å². The summed E-state index contributed by atoms with van der Waals surface area (Å²) in [7, 11) is 1.58. The van der Waals surface area contributed by atoms with Gasteiger partial charge in [0.25, 0.3) is 5.91 Å². The van der Waals surface area contributed by atoms with Gasteiger partial charge in [-0.15, -0.1) is 0 Å². The van der Waals surface area contributed by atoms with E-state index in [0.29, 0.717) is 22.7 Å². The highest BCUT2D eigenvalue weighted by molar-refractivity contribution is 6.05. The van der Waals surface area contributed by atoms with Crippen molar-refractivity contribution in [1.82, 2.24) is 0 Å². The highest BCUT2D eigenvalue weighted by Crippen LogP contribution is 2.44. The number of esters is 1. The SMILES string of the molecule is COc1ccc(NC(=O)c2ccc(NC(=O)C3CC(=O)OC34CCCCC4)cc2)cc1. The van der Waals surface area contributed by atoms with Crippen molar-refractivity contribution in [2.75, 3.05) is 17.7 Å². The maximum Gasteiger partial charge on any atom is 0.307 e. The van der Waals surface area contributed by atoms with Crippen LogP contribution in [0.25, 0.3) is 0 Å². The molecule has 1 aliphatic carbocycles. The third-order valence-electron chi connectivity index (χ3n) is 6.10. The van der Waals surface area contributed by atoms with Gasteiger partial charge in [0.2, 0.25) is 5.91 Å². The lowest BCUT2D eigenvalue weighted by Crippen LogP contribution is -2.43. The minimum atomic E-state index is -0.655. The molecule has 1 saturated heterocycles.